The molecule has 1 fully saturated rings. The molecule has 3 aromatic carbocycles. The Hall–Kier alpha value is -9.27. The number of carbonyl (C=O) groups is 11. The number of aromatic nitrogens is 2. The predicted molar refractivity (Wildman–Crippen MR) is 314 cm³/mol. The molecule has 1 aliphatic heterocycles. The molecule has 2 aromatic heterocycles. The number of carboxylic acids is 1. The molecule has 87 heavy (non-hydrogen) atoms. The maximum Gasteiger partial charge on any atom is 0.305 e. The van der Waals surface area contributed by atoms with Crippen molar-refractivity contribution in [2.24, 2.45) is 11.6 Å². The molecule has 1 aliphatic rings. The summed E-state index contributed by atoms with van der Waals surface area (Å²) in [6.07, 6.45) is 2.14. The summed E-state index contributed by atoms with van der Waals surface area (Å²) >= 11 is 0. The van der Waals surface area contributed by atoms with Crippen LogP contribution in [0.25, 0.3) is 10.9 Å². The molecular weight excluding hydrogens is 1210 g/mol. The summed E-state index contributed by atoms with van der Waals surface area (Å²) < 4.78 is 0. The van der Waals surface area contributed by atoms with E-state index in [1.54, 1.807) is 60.8 Å². The molecule has 5 aromatic rings. The number of phenols is 1. The van der Waals surface area contributed by atoms with E-state index in [0.29, 0.717) is 40.4 Å². The number of nitrogen functional groups attached to an aromatic ring is 1. The van der Waals surface area contributed by atoms with Crippen molar-refractivity contribution in [3.63, 3.8) is 0 Å². The fourth-order valence-corrected chi connectivity index (χ4v) is 9.45. The first kappa shape index (κ1) is 68.5. The molecule has 27 nitrogen and oxygen atoms in total. The van der Waals surface area contributed by atoms with Crippen LogP contribution in [-0.2, 0) is 87.3 Å². The SMILES string of the molecule is CCCC[C@@H](NC(=O)[C@H](Cc1c[nH]c2ccccc12)NC(=O)[C@H]1CCCCNC(=O)[C@H](NC(=O)c2ccc(NN)nc2)CCC(=O)N[C@@H](C)C(=O)N[C@@H](Cc2ccc(O)cc2)C(=O)N1)C(=O)N[C@@H](CC(=O)O)C(=O)N[C@@H](Cc1ccccc1)C(N)=O.[99Tc]. The number of pyridine rings is 1. The third-order valence-corrected chi connectivity index (χ3v) is 14.3. The van der Waals surface area contributed by atoms with Gasteiger partial charge in [0.05, 0.1) is 12.0 Å². The van der Waals surface area contributed by atoms with Gasteiger partial charge in [-0.3, -0.25) is 52.7 Å². The number of para-hydroxylation sites is 1. The number of aromatic amines is 1. The summed E-state index contributed by atoms with van der Waals surface area (Å²) in [6, 6.07) is 13.1. The molecule has 3 heterocycles. The van der Waals surface area contributed by atoms with Crippen LogP contribution in [0.2, 0.25) is 0 Å². The summed E-state index contributed by atoms with van der Waals surface area (Å²) in [4.78, 5) is 158. The molecule has 1 radical (unpaired) electrons. The van der Waals surface area contributed by atoms with E-state index in [1.807, 2.05) is 6.92 Å². The molecule has 6 rings (SSSR count). The Morgan fingerprint density at radius 3 is 2.08 bits per heavy atom. The first-order valence-corrected chi connectivity index (χ1v) is 28.2. The van der Waals surface area contributed by atoms with Crippen molar-refractivity contribution >= 4 is 81.8 Å². The first-order valence-electron chi connectivity index (χ1n) is 28.2. The summed E-state index contributed by atoms with van der Waals surface area (Å²) in [6.45, 7) is 3.19. The van der Waals surface area contributed by atoms with Crippen molar-refractivity contribution in [3.8, 4) is 5.75 Å². The van der Waals surface area contributed by atoms with Gasteiger partial charge in [0.15, 0.2) is 0 Å². The number of unbranched alkanes of at least 4 members (excludes halogenated alkanes) is 1. The molecule has 17 N–H and O–H groups in total. The molecule has 0 unspecified atom stereocenters. The number of carboxylic acid groups (broad SMARTS) is 1. The van der Waals surface area contributed by atoms with Gasteiger partial charge in [0.25, 0.3) is 5.91 Å². The fraction of sp³-hybridized carbons (Fsp3) is 0.390. The second-order valence-electron chi connectivity index (χ2n) is 20.9. The monoisotopic (exact) mass is 1290 g/mol. The summed E-state index contributed by atoms with van der Waals surface area (Å²) in [7, 11) is 0. The van der Waals surface area contributed by atoms with Crippen molar-refractivity contribution in [1.82, 2.24) is 57.8 Å². The zero-order chi connectivity index (χ0) is 62.3. The van der Waals surface area contributed by atoms with Crippen LogP contribution in [0.15, 0.2) is 103 Å². The standard InChI is InChI=1S/C59H74N14O13.Tc/c1-3-4-15-41(55(82)72-47(30-50(76)77)59(86)69-44(51(60)78)27-34-12-6-5-7-13-34)67-58(85)46(29-37-32-63-40-16-9-8-14-39(37)40)71-56(83)42-17-10-11-26-62-54(81)43(66-53(80)36-20-24-48(73-61)64-31-36)23-25-49(75)65-33(2)52(79)70-45(57(84)68-42)28-35-18-21-38(74)22-19-35;/h5-9,12-14,16,18-22,24,31-33,41-47,63,74H,3-4,10-11,15,17,23,25-30,61H2,1-2H3,(H2,60,78)(H,62,81)(H,64,73)(H,65,75)(H,66,80)(H,67,85)(H,68,84)(H,69,86)(H,70,79)(H,71,83)(H,72,82)(H,76,77);/t33-,41+,42+,43+,44-,45-,46-,47-;/m0./s1/i;1+1. The van der Waals surface area contributed by atoms with Gasteiger partial charge in [-0.15, -0.1) is 0 Å². The van der Waals surface area contributed by atoms with Crippen molar-refractivity contribution in [2.45, 2.75) is 139 Å². The van der Waals surface area contributed by atoms with Crippen LogP contribution in [0.3, 0.4) is 0 Å². The van der Waals surface area contributed by atoms with Gasteiger partial charge in [-0.05, 0) is 86.1 Å². The van der Waals surface area contributed by atoms with Crippen LogP contribution in [0.5, 0.6) is 5.75 Å². The zero-order valence-electron chi connectivity index (χ0n) is 48.0. The second kappa shape index (κ2) is 34.0. The number of aromatic hydroxyl groups is 1. The molecule has 0 aliphatic carbocycles. The molecule has 0 bridgehead atoms. The van der Waals surface area contributed by atoms with Crippen LogP contribution < -0.4 is 64.9 Å². The number of primary amides is 1. The summed E-state index contributed by atoms with van der Waals surface area (Å²) in [5, 5.41) is 44.3. The second-order valence-corrected chi connectivity index (χ2v) is 20.9. The molecule has 8 atom stereocenters. The number of amides is 10. The summed E-state index contributed by atoms with van der Waals surface area (Å²) in [5.41, 5.74) is 10.4. The van der Waals surface area contributed by atoms with E-state index in [0.717, 1.165) is 0 Å². The smallest absolute Gasteiger partial charge is 0.305 e. The van der Waals surface area contributed by atoms with Gasteiger partial charge in [-0.25, -0.2) is 10.8 Å². The van der Waals surface area contributed by atoms with Crippen molar-refractivity contribution < 1.29 is 83.1 Å². The average molecular weight is 1290 g/mol. The number of hydrazine groups is 1. The average Bonchev–Trinajstić information content (AvgIpc) is 2.78. The minimum atomic E-state index is -1.75. The number of fused-ring (bicyclic) bond motifs is 1. The minimum Gasteiger partial charge on any atom is -0.508 e. The number of H-pyrrole nitrogens is 1. The number of phenolic OH excluding ortho intramolecular Hbond substituents is 1. The van der Waals surface area contributed by atoms with Crippen molar-refractivity contribution in [3.05, 3.63) is 126 Å². The Bertz CT molecular complexity index is 3200. The minimum absolute atomic E-state index is 0. The molecule has 465 valence electrons. The molecule has 28 heteroatoms. The van der Waals surface area contributed by atoms with Crippen molar-refractivity contribution in [2.75, 3.05) is 12.0 Å². The maximum absolute atomic E-state index is 14.9. The molecule has 10 amide bonds. The Labute approximate surface area is 514 Å². The summed E-state index contributed by atoms with van der Waals surface area (Å²) in [5.74, 6) is -4.20. The van der Waals surface area contributed by atoms with E-state index >= 15 is 0 Å². The van der Waals surface area contributed by atoms with Gasteiger partial charge in [0.1, 0.15) is 59.9 Å². The number of hydrogen-bond acceptors (Lipinski definition) is 15. The third-order valence-electron chi connectivity index (χ3n) is 14.3. The molecule has 1 saturated heterocycles. The largest absolute Gasteiger partial charge is 0.508 e. The topological polar surface area (TPSA) is 429 Å². The van der Waals surface area contributed by atoms with Gasteiger partial charge in [-0.1, -0.05) is 80.4 Å². The quantitative estimate of drug-likeness (QED) is 0.0303. The van der Waals surface area contributed by atoms with E-state index in [-0.39, 0.29) is 102 Å². The molecule has 0 saturated carbocycles. The first-order chi connectivity index (χ1) is 41.2. The Morgan fingerprint density at radius 1 is 0.724 bits per heavy atom. The van der Waals surface area contributed by atoms with E-state index < -0.39 is 120 Å². The molecular formula is C59H74N14O13Tc. The van der Waals surface area contributed by atoms with Gasteiger partial charge < -0.3 is 74.2 Å². The Morgan fingerprint density at radius 2 is 1.40 bits per heavy atom. The van der Waals surface area contributed by atoms with Gasteiger partial charge >= 0.3 is 5.97 Å². The fourth-order valence-electron chi connectivity index (χ4n) is 9.45. The Balaban J connectivity index is 0.0000138. The number of carbonyl (C=O) groups excluding carboxylic acids is 10. The van der Waals surface area contributed by atoms with Crippen molar-refractivity contribution in [1.29, 1.82) is 0 Å². The van der Waals surface area contributed by atoms with Gasteiger partial charge in [0.2, 0.25) is 53.2 Å². The van der Waals surface area contributed by atoms with Crippen LogP contribution in [0.1, 0.15) is 98.7 Å². The van der Waals surface area contributed by atoms with E-state index in [1.165, 1.54) is 49.5 Å². The van der Waals surface area contributed by atoms with Crippen LogP contribution in [0.4, 0.5) is 5.82 Å². The zero-order valence-corrected chi connectivity index (χ0v) is 49.8. The number of benzene rings is 3. The number of rotatable bonds is 23. The van der Waals surface area contributed by atoms with Gasteiger partial charge in [0, 0.05) is 75.6 Å². The van der Waals surface area contributed by atoms with E-state index in [4.69, 9.17) is 11.6 Å². The number of anilines is 1. The predicted octanol–water partition coefficient (Wildman–Crippen LogP) is 0.0221. The van der Waals surface area contributed by atoms with Crippen LogP contribution in [-0.4, -0.2) is 140 Å². The number of nitrogens with two attached hydrogens (primary N) is 2. The van der Waals surface area contributed by atoms with Crippen LogP contribution >= 0.6 is 0 Å². The maximum atomic E-state index is 14.9. The number of nitrogens with one attached hydrogen (secondary N) is 11. The normalized spacial score (nSPS) is 18.3. The van der Waals surface area contributed by atoms with E-state index in [9.17, 15) is 63.0 Å². The molecule has 0 spiro atoms. The third kappa shape index (κ3) is 21.3. The van der Waals surface area contributed by atoms with E-state index in [2.05, 4.69) is 63.2 Å². The Kier molecular flexibility index (Phi) is 26.8. The van der Waals surface area contributed by atoms with Gasteiger partial charge in [-0.2, -0.15) is 0 Å². The number of nitrogens with zero attached hydrogens (tertiary/aromatic N) is 1. The number of aliphatic carboxylic acids is 1. The van der Waals surface area contributed by atoms with Crippen LogP contribution in [0, 0.1) is 0 Å². The number of hydrogen-bond donors (Lipinski definition) is 15.